The lowest BCUT2D eigenvalue weighted by Gasteiger charge is -1.96. The van der Waals surface area contributed by atoms with Gasteiger partial charge in [0.2, 0.25) is 10.0 Å². The molecule has 0 spiro atoms. The summed E-state index contributed by atoms with van der Waals surface area (Å²) in [6.07, 6.45) is -0.954. The molecule has 0 aromatic heterocycles. The Bertz CT molecular complexity index is 414. The third-order valence-electron chi connectivity index (χ3n) is 1.63. The lowest BCUT2D eigenvalue weighted by atomic mass is 10.3. The highest BCUT2D eigenvalue weighted by molar-refractivity contribution is 7.89. The molecule has 0 heterocycles. The molecule has 1 aromatic carbocycles. The van der Waals surface area contributed by atoms with Gasteiger partial charge in [-0.15, -0.1) is 0 Å². The average molecular weight is 264 g/mol. The van der Waals surface area contributed by atoms with E-state index in [0.717, 1.165) is 0 Å². The minimum Gasteiger partial charge on any atom is -0.399 e. The van der Waals surface area contributed by atoms with Crippen LogP contribution in [0.25, 0.3) is 0 Å². The summed E-state index contributed by atoms with van der Waals surface area (Å²) in [5.74, 6) is 0. The number of benzene rings is 1. The Hall–Kier alpha value is -1.19. The summed E-state index contributed by atoms with van der Waals surface area (Å²) in [5, 5.41) is 28.9. The second kappa shape index (κ2) is 7.20. The van der Waals surface area contributed by atoms with Crippen molar-refractivity contribution in [2.24, 2.45) is 5.14 Å². The third kappa shape index (κ3) is 6.87. The van der Waals surface area contributed by atoms with Gasteiger partial charge in [-0.2, -0.15) is 0 Å². The Labute approximate surface area is 99.4 Å². The molecule has 0 radical (unpaired) electrons. The molecular formula is C9H16N2O5S. The van der Waals surface area contributed by atoms with Crippen molar-refractivity contribution in [1.82, 2.24) is 0 Å². The summed E-state index contributed by atoms with van der Waals surface area (Å²) in [6, 6.07) is 5.70. The van der Waals surface area contributed by atoms with Crippen molar-refractivity contribution in [1.29, 1.82) is 0 Å². The van der Waals surface area contributed by atoms with E-state index in [1.165, 1.54) is 24.3 Å². The molecule has 0 bridgehead atoms. The lowest BCUT2D eigenvalue weighted by molar-refractivity contribution is 0.0450. The van der Waals surface area contributed by atoms with E-state index in [9.17, 15) is 8.42 Å². The summed E-state index contributed by atoms with van der Waals surface area (Å²) < 4.78 is 21.4. The van der Waals surface area contributed by atoms with E-state index >= 15 is 0 Å². The van der Waals surface area contributed by atoms with Crippen LogP contribution in [0.4, 0.5) is 5.69 Å². The molecule has 0 saturated heterocycles. The zero-order valence-corrected chi connectivity index (χ0v) is 9.84. The standard InChI is InChI=1S/C6H8N2O2S.C3H8O3/c7-5-1-3-6(4-2-5)11(8,9)10;4-1-3(6)2-5/h1-4H,7H2,(H2,8,9,10);3-6H,1-2H2. The topological polar surface area (TPSA) is 147 Å². The third-order valence-corrected chi connectivity index (χ3v) is 2.56. The number of hydrogen-bond donors (Lipinski definition) is 5. The maximum atomic E-state index is 10.7. The van der Waals surface area contributed by atoms with Crippen LogP contribution in [-0.4, -0.2) is 43.1 Å². The molecule has 1 rings (SSSR count). The van der Waals surface area contributed by atoms with Crippen LogP contribution in [0.2, 0.25) is 0 Å². The van der Waals surface area contributed by atoms with Crippen LogP contribution >= 0.6 is 0 Å². The molecule has 0 aliphatic rings. The predicted octanol–water partition coefficient (Wildman–Crippen LogP) is -1.75. The van der Waals surface area contributed by atoms with E-state index < -0.39 is 16.1 Å². The minimum atomic E-state index is -3.58. The van der Waals surface area contributed by atoms with E-state index in [1.807, 2.05) is 0 Å². The Kier molecular flexibility index (Phi) is 6.69. The van der Waals surface area contributed by atoms with E-state index in [2.05, 4.69) is 0 Å². The monoisotopic (exact) mass is 264 g/mol. The fraction of sp³-hybridized carbons (Fsp3) is 0.333. The number of nitrogen functional groups attached to an aromatic ring is 1. The molecule has 8 heteroatoms. The van der Waals surface area contributed by atoms with Gasteiger partial charge in [-0.05, 0) is 24.3 Å². The van der Waals surface area contributed by atoms with E-state index in [-0.39, 0.29) is 18.1 Å². The number of anilines is 1. The molecule has 0 aliphatic carbocycles. The van der Waals surface area contributed by atoms with Gasteiger partial charge >= 0.3 is 0 Å². The van der Waals surface area contributed by atoms with Gasteiger partial charge in [-0.3, -0.25) is 0 Å². The molecule has 0 atom stereocenters. The summed E-state index contributed by atoms with van der Waals surface area (Å²) in [7, 11) is -3.58. The van der Waals surface area contributed by atoms with Crippen LogP contribution in [0, 0.1) is 0 Å². The lowest BCUT2D eigenvalue weighted by Crippen LogP contribution is -2.15. The summed E-state index contributed by atoms with van der Waals surface area (Å²) in [6.45, 7) is -0.729. The van der Waals surface area contributed by atoms with Crippen molar-refractivity contribution in [3.63, 3.8) is 0 Å². The fourth-order valence-electron chi connectivity index (χ4n) is 0.715. The van der Waals surface area contributed by atoms with Gasteiger partial charge < -0.3 is 21.1 Å². The van der Waals surface area contributed by atoms with Crippen molar-refractivity contribution in [3.05, 3.63) is 24.3 Å². The molecule has 7 nitrogen and oxygen atoms in total. The first kappa shape index (κ1) is 15.8. The smallest absolute Gasteiger partial charge is 0.238 e. The molecular weight excluding hydrogens is 248 g/mol. The van der Waals surface area contributed by atoms with Crippen molar-refractivity contribution < 1.29 is 23.7 Å². The van der Waals surface area contributed by atoms with Crippen LogP contribution in [0.3, 0.4) is 0 Å². The number of aliphatic hydroxyl groups is 3. The van der Waals surface area contributed by atoms with Crippen LogP contribution in [0.1, 0.15) is 0 Å². The van der Waals surface area contributed by atoms with Gasteiger partial charge in [0.25, 0.3) is 0 Å². The molecule has 0 fully saturated rings. The largest absolute Gasteiger partial charge is 0.399 e. The van der Waals surface area contributed by atoms with Gasteiger partial charge in [0.15, 0.2) is 0 Å². The highest BCUT2D eigenvalue weighted by Crippen LogP contribution is 2.08. The number of aliphatic hydroxyl groups excluding tert-OH is 3. The van der Waals surface area contributed by atoms with Crippen molar-refractivity contribution >= 4 is 15.7 Å². The molecule has 1 aromatic rings. The maximum absolute atomic E-state index is 10.7. The Morgan fingerprint density at radius 1 is 1.12 bits per heavy atom. The zero-order valence-electron chi connectivity index (χ0n) is 9.02. The Balaban J connectivity index is 0.000000366. The number of primary sulfonamides is 1. The molecule has 0 saturated carbocycles. The summed E-state index contributed by atoms with van der Waals surface area (Å²) in [4.78, 5) is 0.0756. The summed E-state index contributed by atoms with van der Waals surface area (Å²) >= 11 is 0. The quantitative estimate of drug-likeness (QED) is 0.409. The van der Waals surface area contributed by atoms with Crippen LogP contribution < -0.4 is 10.9 Å². The fourth-order valence-corrected chi connectivity index (χ4v) is 1.23. The van der Waals surface area contributed by atoms with Crippen molar-refractivity contribution in [2.75, 3.05) is 18.9 Å². The molecule has 17 heavy (non-hydrogen) atoms. The Morgan fingerprint density at radius 3 is 1.76 bits per heavy atom. The predicted molar refractivity (Wildman–Crippen MR) is 62.4 cm³/mol. The second-order valence-corrected chi connectivity index (χ2v) is 4.69. The second-order valence-electron chi connectivity index (χ2n) is 3.13. The maximum Gasteiger partial charge on any atom is 0.238 e. The van der Waals surface area contributed by atoms with Gasteiger partial charge in [0.05, 0.1) is 18.1 Å². The average Bonchev–Trinajstić information content (AvgIpc) is 2.28. The zero-order chi connectivity index (χ0) is 13.5. The minimum absolute atomic E-state index is 0.0756. The Morgan fingerprint density at radius 2 is 1.53 bits per heavy atom. The molecule has 0 amide bonds. The SMILES string of the molecule is Nc1ccc(S(N)(=O)=O)cc1.OCC(O)CO. The van der Waals surface area contributed by atoms with E-state index in [4.69, 9.17) is 26.2 Å². The number of rotatable bonds is 3. The number of hydrogen-bond acceptors (Lipinski definition) is 6. The number of nitrogens with two attached hydrogens (primary N) is 2. The van der Waals surface area contributed by atoms with Crippen LogP contribution in [0.5, 0.6) is 0 Å². The van der Waals surface area contributed by atoms with Crippen LogP contribution in [0.15, 0.2) is 29.2 Å². The van der Waals surface area contributed by atoms with Crippen molar-refractivity contribution in [2.45, 2.75) is 11.0 Å². The first-order valence-corrected chi connectivity index (χ1v) is 6.14. The molecule has 0 aliphatic heterocycles. The van der Waals surface area contributed by atoms with E-state index in [1.54, 1.807) is 0 Å². The van der Waals surface area contributed by atoms with Gasteiger partial charge in [-0.1, -0.05) is 0 Å². The first-order valence-electron chi connectivity index (χ1n) is 4.59. The normalized spacial score (nSPS) is 10.9. The summed E-state index contributed by atoms with van der Waals surface area (Å²) in [5.41, 5.74) is 5.85. The first-order chi connectivity index (χ1) is 7.81. The number of sulfonamides is 1. The highest BCUT2D eigenvalue weighted by Gasteiger charge is 2.04. The van der Waals surface area contributed by atoms with Gasteiger partial charge in [-0.25, -0.2) is 13.6 Å². The highest BCUT2D eigenvalue weighted by atomic mass is 32.2. The molecule has 98 valence electrons. The van der Waals surface area contributed by atoms with Crippen molar-refractivity contribution in [3.8, 4) is 0 Å². The molecule has 0 unspecified atom stereocenters. The molecule has 7 N–H and O–H groups in total. The van der Waals surface area contributed by atoms with Crippen LogP contribution in [-0.2, 0) is 10.0 Å². The van der Waals surface area contributed by atoms with Gasteiger partial charge in [0, 0.05) is 5.69 Å². The van der Waals surface area contributed by atoms with Gasteiger partial charge in [0.1, 0.15) is 6.10 Å². The van der Waals surface area contributed by atoms with E-state index in [0.29, 0.717) is 5.69 Å².